The summed E-state index contributed by atoms with van der Waals surface area (Å²) in [5, 5.41) is 8.37. The molecule has 7 heteroatoms. The van der Waals surface area contributed by atoms with Crippen molar-refractivity contribution in [3.63, 3.8) is 0 Å². The van der Waals surface area contributed by atoms with Crippen LogP contribution in [0.2, 0.25) is 0 Å². The minimum Gasteiger partial charge on any atom is -0.408 e. The SMILES string of the molecule is N#CCS(=O)(=O)c1ccc2[nH]c(=O)oc2c1. The molecule has 1 aromatic carbocycles. The van der Waals surface area contributed by atoms with E-state index in [9.17, 15) is 13.2 Å². The van der Waals surface area contributed by atoms with Crippen molar-refractivity contribution in [2.45, 2.75) is 4.90 Å². The quantitative estimate of drug-likeness (QED) is 0.816. The van der Waals surface area contributed by atoms with Crippen LogP contribution in [0.15, 0.2) is 32.3 Å². The molecule has 82 valence electrons. The van der Waals surface area contributed by atoms with Gasteiger partial charge in [0.25, 0.3) is 0 Å². The summed E-state index contributed by atoms with van der Waals surface area (Å²) >= 11 is 0. The molecule has 0 radical (unpaired) electrons. The van der Waals surface area contributed by atoms with Gasteiger partial charge in [0.15, 0.2) is 15.4 Å². The largest absolute Gasteiger partial charge is 0.417 e. The number of nitrogens with one attached hydrogen (secondary N) is 1. The topological polar surface area (TPSA) is 104 Å². The molecular formula is C9H6N2O4S. The molecule has 0 spiro atoms. The summed E-state index contributed by atoms with van der Waals surface area (Å²) in [6.45, 7) is 0. The van der Waals surface area contributed by atoms with Crippen molar-refractivity contribution in [2.24, 2.45) is 0 Å². The van der Waals surface area contributed by atoms with Crippen molar-refractivity contribution in [3.8, 4) is 6.07 Å². The first kappa shape index (κ1) is 10.4. The van der Waals surface area contributed by atoms with Crippen molar-refractivity contribution >= 4 is 20.9 Å². The predicted molar refractivity (Wildman–Crippen MR) is 54.5 cm³/mol. The average Bonchev–Trinajstić information content (AvgIpc) is 2.56. The molecule has 0 bridgehead atoms. The fourth-order valence-corrected chi connectivity index (χ4v) is 2.19. The Balaban J connectivity index is 2.64. The molecule has 0 unspecified atom stereocenters. The Labute approximate surface area is 90.0 Å². The summed E-state index contributed by atoms with van der Waals surface area (Å²) in [7, 11) is -3.63. The third kappa shape index (κ3) is 1.70. The number of fused-ring (bicyclic) bond motifs is 1. The van der Waals surface area contributed by atoms with Crippen LogP contribution in [0.25, 0.3) is 11.1 Å². The van der Waals surface area contributed by atoms with Gasteiger partial charge in [-0.2, -0.15) is 5.26 Å². The predicted octanol–water partition coefficient (Wildman–Crippen LogP) is 0.418. The van der Waals surface area contributed by atoms with Crippen LogP contribution in [0.3, 0.4) is 0 Å². The van der Waals surface area contributed by atoms with Gasteiger partial charge in [-0.25, -0.2) is 13.2 Å². The molecule has 0 fully saturated rings. The van der Waals surface area contributed by atoms with E-state index in [2.05, 4.69) is 4.98 Å². The van der Waals surface area contributed by atoms with Gasteiger partial charge in [-0.05, 0) is 12.1 Å². The minimum atomic E-state index is -3.63. The molecule has 0 amide bonds. The molecular weight excluding hydrogens is 232 g/mol. The first-order chi connectivity index (χ1) is 7.53. The van der Waals surface area contributed by atoms with Gasteiger partial charge in [0, 0.05) is 6.07 Å². The van der Waals surface area contributed by atoms with E-state index < -0.39 is 21.3 Å². The number of hydrogen-bond donors (Lipinski definition) is 1. The summed E-state index contributed by atoms with van der Waals surface area (Å²) in [4.78, 5) is 13.2. The molecule has 1 heterocycles. The number of aromatic amines is 1. The Morgan fingerprint density at radius 3 is 2.88 bits per heavy atom. The van der Waals surface area contributed by atoms with Crippen LogP contribution in [0, 0.1) is 11.3 Å². The Kier molecular flexibility index (Phi) is 2.29. The highest BCUT2D eigenvalue weighted by molar-refractivity contribution is 7.91. The maximum atomic E-state index is 11.5. The van der Waals surface area contributed by atoms with Crippen LogP contribution in [0.5, 0.6) is 0 Å². The molecule has 6 nitrogen and oxygen atoms in total. The van der Waals surface area contributed by atoms with Gasteiger partial charge in [0.1, 0.15) is 5.75 Å². The first-order valence-electron chi connectivity index (χ1n) is 4.25. The zero-order valence-electron chi connectivity index (χ0n) is 7.93. The van der Waals surface area contributed by atoms with Gasteiger partial charge in [-0.1, -0.05) is 0 Å². The molecule has 0 atom stereocenters. The zero-order valence-corrected chi connectivity index (χ0v) is 8.74. The summed E-state index contributed by atoms with van der Waals surface area (Å²) in [6, 6.07) is 5.53. The number of benzene rings is 1. The van der Waals surface area contributed by atoms with E-state index >= 15 is 0 Å². The Morgan fingerprint density at radius 2 is 2.19 bits per heavy atom. The number of rotatable bonds is 2. The van der Waals surface area contributed by atoms with Gasteiger partial charge >= 0.3 is 5.76 Å². The lowest BCUT2D eigenvalue weighted by molar-refractivity contribution is 0.554. The Morgan fingerprint density at radius 1 is 1.44 bits per heavy atom. The highest BCUT2D eigenvalue weighted by atomic mass is 32.2. The van der Waals surface area contributed by atoms with Crippen molar-refractivity contribution in [3.05, 3.63) is 28.7 Å². The molecule has 0 saturated carbocycles. The number of nitrogens with zero attached hydrogens (tertiary/aromatic N) is 1. The van der Waals surface area contributed by atoms with Crippen LogP contribution in [-0.2, 0) is 9.84 Å². The monoisotopic (exact) mass is 238 g/mol. The van der Waals surface area contributed by atoms with E-state index in [1.807, 2.05) is 0 Å². The molecule has 1 N–H and O–H groups in total. The fraction of sp³-hybridized carbons (Fsp3) is 0.111. The Bertz CT molecular complexity index is 733. The summed E-state index contributed by atoms with van der Waals surface area (Å²) < 4.78 is 27.8. The van der Waals surface area contributed by atoms with Crippen LogP contribution < -0.4 is 5.76 Å². The number of nitriles is 1. The lowest BCUT2D eigenvalue weighted by Crippen LogP contribution is -2.04. The summed E-state index contributed by atoms with van der Waals surface area (Å²) in [5.41, 5.74) is 0.574. The smallest absolute Gasteiger partial charge is 0.408 e. The summed E-state index contributed by atoms with van der Waals surface area (Å²) in [6.07, 6.45) is 0. The van der Waals surface area contributed by atoms with Crippen molar-refractivity contribution in [2.75, 3.05) is 5.75 Å². The third-order valence-electron chi connectivity index (χ3n) is 2.01. The molecule has 0 aliphatic rings. The van der Waals surface area contributed by atoms with Gasteiger partial charge < -0.3 is 4.42 Å². The standard InChI is InChI=1S/C9H6N2O4S/c10-3-4-16(13,14)6-1-2-7-8(5-6)15-9(12)11-7/h1-2,5H,4H2,(H,11,12). The number of oxazole rings is 1. The molecule has 1 aromatic heterocycles. The molecule has 0 aliphatic heterocycles. The highest BCUT2D eigenvalue weighted by Gasteiger charge is 2.15. The van der Waals surface area contributed by atoms with Crippen LogP contribution in [0.4, 0.5) is 0 Å². The number of aromatic nitrogens is 1. The van der Waals surface area contributed by atoms with E-state index in [1.165, 1.54) is 18.2 Å². The lowest BCUT2D eigenvalue weighted by atomic mass is 10.3. The number of H-pyrrole nitrogens is 1. The second kappa shape index (κ2) is 3.50. The van der Waals surface area contributed by atoms with Gasteiger partial charge in [0.2, 0.25) is 0 Å². The van der Waals surface area contributed by atoms with E-state index in [1.54, 1.807) is 6.07 Å². The maximum Gasteiger partial charge on any atom is 0.417 e. The normalized spacial score (nSPS) is 11.4. The maximum absolute atomic E-state index is 11.5. The highest BCUT2D eigenvalue weighted by Crippen LogP contribution is 2.17. The fourth-order valence-electron chi connectivity index (χ4n) is 1.29. The van der Waals surface area contributed by atoms with E-state index in [0.717, 1.165) is 0 Å². The van der Waals surface area contributed by atoms with Crippen LogP contribution in [-0.4, -0.2) is 19.2 Å². The van der Waals surface area contributed by atoms with Gasteiger partial charge in [-0.3, -0.25) is 4.98 Å². The second-order valence-corrected chi connectivity index (χ2v) is 5.08. The minimum absolute atomic E-state index is 0.0377. The number of hydrogen-bond acceptors (Lipinski definition) is 5. The van der Waals surface area contributed by atoms with E-state index in [0.29, 0.717) is 5.52 Å². The van der Waals surface area contributed by atoms with Crippen molar-refractivity contribution in [1.82, 2.24) is 4.98 Å². The third-order valence-corrected chi connectivity index (χ3v) is 3.49. The zero-order chi connectivity index (χ0) is 11.8. The first-order valence-corrected chi connectivity index (χ1v) is 5.91. The average molecular weight is 238 g/mol. The van der Waals surface area contributed by atoms with Crippen LogP contribution in [0.1, 0.15) is 0 Å². The molecule has 2 rings (SSSR count). The van der Waals surface area contributed by atoms with E-state index in [-0.39, 0.29) is 10.5 Å². The second-order valence-electron chi connectivity index (χ2n) is 3.09. The van der Waals surface area contributed by atoms with Gasteiger partial charge in [0.05, 0.1) is 16.5 Å². The van der Waals surface area contributed by atoms with E-state index in [4.69, 9.17) is 9.68 Å². The molecule has 0 aliphatic carbocycles. The summed E-state index contributed by atoms with van der Waals surface area (Å²) in [5.74, 6) is -1.25. The lowest BCUT2D eigenvalue weighted by Gasteiger charge is -1.98. The number of sulfone groups is 1. The van der Waals surface area contributed by atoms with Crippen molar-refractivity contribution < 1.29 is 12.8 Å². The molecule has 16 heavy (non-hydrogen) atoms. The molecule has 0 saturated heterocycles. The van der Waals surface area contributed by atoms with Crippen LogP contribution >= 0.6 is 0 Å². The molecule has 2 aromatic rings. The van der Waals surface area contributed by atoms with Crippen molar-refractivity contribution in [1.29, 1.82) is 5.26 Å². The van der Waals surface area contributed by atoms with Gasteiger partial charge in [-0.15, -0.1) is 0 Å². The Hall–Kier alpha value is -2.07.